The molecule has 0 bridgehead atoms. The van der Waals surface area contributed by atoms with Crippen LogP contribution in [-0.4, -0.2) is 18.1 Å². The lowest BCUT2D eigenvalue weighted by molar-refractivity contribution is 0.0600. The SMILES string of the molecule is CCCC(Oc1ccc(Cl)nc1)c1ccc(C(=O)OC)cc1. The third-order valence-electron chi connectivity index (χ3n) is 3.23. The van der Waals surface area contributed by atoms with Crippen molar-refractivity contribution in [2.24, 2.45) is 0 Å². The number of carbonyl (C=O) groups excluding carboxylic acids is 1. The molecule has 2 rings (SSSR count). The highest BCUT2D eigenvalue weighted by Crippen LogP contribution is 2.26. The molecule has 1 unspecified atom stereocenters. The van der Waals surface area contributed by atoms with Crippen molar-refractivity contribution in [3.05, 3.63) is 58.9 Å². The van der Waals surface area contributed by atoms with Crippen LogP contribution in [0, 0.1) is 0 Å². The second-order valence-electron chi connectivity index (χ2n) is 4.83. The van der Waals surface area contributed by atoms with Crippen LogP contribution in [0.2, 0.25) is 5.15 Å². The summed E-state index contributed by atoms with van der Waals surface area (Å²) in [7, 11) is 1.37. The van der Waals surface area contributed by atoms with Gasteiger partial charge < -0.3 is 9.47 Å². The summed E-state index contributed by atoms with van der Waals surface area (Å²) in [5, 5.41) is 0.432. The first kappa shape index (κ1) is 16.3. The van der Waals surface area contributed by atoms with Gasteiger partial charge in [0.15, 0.2) is 0 Å². The molecular weight excluding hydrogens is 302 g/mol. The number of hydrogen-bond donors (Lipinski definition) is 0. The van der Waals surface area contributed by atoms with E-state index in [0.29, 0.717) is 16.5 Å². The van der Waals surface area contributed by atoms with Gasteiger partial charge in [-0.05, 0) is 36.2 Å². The molecule has 1 aromatic carbocycles. The molecule has 0 aliphatic heterocycles. The van der Waals surface area contributed by atoms with Gasteiger partial charge >= 0.3 is 5.97 Å². The Kier molecular flexibility index (Phi) is 5.78. The number of halogens is 1. The van der Waals surface area contributed by atoms with Crippen molar-refractivity contribution < 1.29 is 14.3 Å². The average Bonchev–Trinajstić information content (AvgIpc) is 2.56. The second-order valence-corrected chi connectivity index (χ2v) is 5.21. The maximum atomic E-state index is 11.5. The number of methoxy groups -OCH3 is 1. The molecule has 0 N–H and O–H groups in total. The number of rotatable bonds is 6. The molecule has 2 aromatic rings. The molecule has 22 heavy (non-hydrogen) atoms. The number of carbonyl (C=O) groups is 1. The summed E-state index contributed by atoms with van der Waals surface area (Å²) < 4.78 is 10.7. The molecule has 4 nitrogen and oxygen atoms in total. The van der Waals surface area contributed by atoms with Crippen LogP contribution in [0.1, 0.15) is 41.8 Å². The Morgan fingerprint density at radius 1 is 1.23 bits per heavy atom. The van der Waals surface area contributed by atoms with Crippen molar-refractivity contribution in [1.29, 1.82) is 0 Å². The van der Waals surface area contributed by atoms with Crippen molar-refractivity contribution >= 4 is 17.6 Å². The third-order valence-corrected chi connectivity index (χ3v) is 3.46. The first-order chi connectivity index (χ1) is 10.6. The van der Waals surface area contributed by atoms with E-state index in [1.54, 1.807) is 30.5 Å². The minimum atomic E-state index is -0.346. The van der Waals surface area contributed by atoms with Gasteiger partial charge in [-0.25, -0.2) is 9.78 Å². The Morgan fingerprint density at radius 3 is 2.50 bits per heavy atom. The van der Waals surface area contributed by atoms with Crippen molar-refractivity contribution in [3.63, 3.8) is 0 Å². The Hall–Kier alpha value is -2.07. The quantitative estimate of drug-likeness (QED) is 0.583. The number of aromatic nitrogens is 1. The zero-order valence-corrected chi connectivity index (χ0v) is 13.3. The largest absolute Gasteiger partial charge is 0.484 e. The fourth-order valence-electron chi connectivity index (χ4n) is 2.10. The zero-order chi connectivity index (χ0) is 15.9. The molecule has 0 amide bonds. The molecule has 1 atom stereocenters. The summed E-state index contributed by atoms with van der Waals surface area (Å²) in [5.41, 5.74) is 1.53. The molecule has 0 fully saturated rings. The van der Waals surface area contributed by atoms with E-state index in [-0.39, 0.29) is 12.1 Å². The van der Waals surface area contributed by atoms with E-state index in [4.69, 9.17) is 21.1 Å². The average molecular weight is 320 g/mol. The lowest BCUT2D eigenvalue weighted by atomic mass is 10.0. The Labute approximate surface area is 135 Å². The fraction of sp³-hybridized carbons (Fsp3) is 0.294. The molecular formula is C17H18ClNO3. The van der Waals surface area contributed by atoms with E-state index >= 15 is 0 Å². The van der Waals surface area contributed by atoms with Crippen LogP contribution in [0.25, 0.3) is 0 Å². The van der Waals surface area contributed by atoms with Crippen molar-refractivity contribution in [2.75, 3.05) is 7.11 Å². The molecule has 0 saturated heterocycles. The molecule has 0 aliphatic carbocycles. The molecule has 5 heteroatoms. The predicted octanol–water partition coefficient (Wildman–Crippen LogP) is 4.44. The Morgan fingerprint density at radius 2 is 1.95 bits per heavy atom. The minimum absolute atomic E-state index is 0.0975. The lowest BCUT2D eigenvalue weighted by Gasteiger charge is -2.19. The normalized spacial score (nSPS) is 11.8. The molecule has 1 heterocycles. The van der Waals surface area contributed by atoms with Gasteiger partial charge in [-0.15, -0.1) is 0 Å². The van der Waals surface area contributed by atoms with E-state index in [1.165, 1.54) is 7.11 Å². The Balaban J connectivity index is 2.16. The van der Waals surface area contributed by atoms with Crippen LogP contribution in [0.5, 0.6) is 5.75 Å². The van der Waals surface area contributed by atoms with E-state index in [2.05, 4.69) is 11.9 Å². The van der Waals surface area contributed by atoms with Gasteiger partial charge in [0.2, 0.25) is 0 Å². The summed E-state index contributed by atoms with van der Waals surface area (Å²) in [6.07, 6.45) is 3.35. The number of hydrogen-bond acceptors (Lipinski definition) is 4. The molecule has 0 aliphatic rings. The van der Waals surface area contributed by atoms with Crippen molar-refractivity contribution in [1.82, 2.24) is 4.98 Å². The molecule has 1 aromatic heterocycles. The first-order valence-electron chi connectivity index (χ1n) is 7.10. The predicted molar refractivity (Wildman–Crippen MR) is 85.3 cm³/mol. The Bertz CT molecular complexity index is 611. The number of esters is 1. The number of pyridine rings is 1. The van der Waals surface area contributed by atoms with E-state index in [1.807, 2.05) is 12.1 Å². The summed E-state index contributed by atoms with van der Waals surface area (Å²) in [4.78, 5) is 15.5. The maximum absolute atomic E-state index is 11.5. The van der Waals surface area contributed by atoms with Gasteiger partial charge in [0.05, 0.1) is 18.9 Å². The summed E-state index contributed by atoms with van der Waals surface area (Å²) >= 11 is 5.78. The number of benzene rings is 1. The van der Waals surface area contributed by atoms with Crippen LogP contribution >= 0.6 is 11.6 Å². The van der Waals surface area contributed by atoms with Gasteiger partial charge in [-0.2, -0.15) is 0 Å². The molecule has 0 radical (unpaired) electrons. The highest BCUT2D eigenvalue weighted by atomic mass is 35.5. The maximum Gasteiger partial charge on any atom is 0.337 e. The highest BCUT2D eigenvalue weighted by molar-refractivity contribution is 6.29. The minimum Gasteiger partial charge on any atom is -0.484 e. The first-order valence-corrected chi connectivity index (χ1v) is 7.48. The van der Waals surface area contributed by atoms with Crippen LogP contribution in [0.3, 0.4) is 0 Å². The van der Waals surface area contributed by atoms with Gasteiger partial charge in [0.1, 0.15) is 17.0 Å². The van der Waals surface area contributed by atoms with Crippen LogP contribution in [0.4, 0.5) is 0 Å². The lowest BCUT2D eigenvalue weighted by Crippen LogP contribution is -2.08. The van der Waals surface area contributed by atoms with Crippen molar-refractivity contribution in [2.45, 2.75) is 25.9 Å². The van der Waals surface area contributed by atoms with E-state index in [9.17, 15) is 4.79 Å². The van der Waals surface area contributed by atoms with Gasteiger partial charge in [-0.1, -0.05) is 37.1 Å². The van der Waals surface area contributed by atoms with Gasteiger partial charge in [0, 0.05) is 0 Å². The van der Waals surface area contributed by atoms with Crippen molar-refractivity contribution in [3.8, 4) is 5.75 Å². The topological polar surface area (TPSA) is 48.4 Å². The smallest absolute Gasteiger partial charge is 0.337 e. The van der Waals surface area contributed by atoms with E-state index in [0.717, 1.165) is 18.4 Å². The summed E-state index contributed by atoms with van der Waals surface area (Å²) in [5.74, 6) is 0.321. The van der Waals surface area contributed by atoms with Crippen LogP contribution in [-0.2, 0) is 4.74 Å². The fourth-order valence-corrected chi connectivity index (χ4v) is 2.22. The summed E-state index contributed by atoms with van der Waals surface area (Å²) in [6.45, 7) is 2.10. The third kappa shape index (κ3) is 4.21. The monoisotopic (exact) mass is 319 g/mol. The van der Waals surface area contributed by atoms with Crippen LogP contribution < -0.4 is 4.74 Å². The number of nitrogens with zero attached hydrogens (tertiary/aromatic N) is 1. The highest BCUT2D eigenvalue weighted by Gasteiger charge is 2.14. The molecule has 0 spiro atoms. The molecule has 116 valence electrons. The van der Waals surface area contributed by atoms with Crippen LogP contribution in [0.15, 0.2) is 42.6 Å². The number of ether oxygens (including phenoxy) is 2. The van der Waals surface area contributed by atoms with E-state index < -0.39 is 0 Å². The zero-order valence-electron chi connectivity index (χ0n) is 12.6. The standard InChI is InChI=1S/C17H18ClNO3/c1-3-4-15(22-14-9-10-16(18)19-11-14)12-5-7-13(8-6-12)17(20)21-2/h5-11,15H,3-4H2,1-2H3. The molecule has 0 saturated carbocycles. The second kappa shape index (κ2) is 7.80. The summed E-state index contributed by atoms with van der Waals surface area (Å²) in [6, 6.07) is 10.7. The van der Waals surface area contributed by atoms with Gasteiger partial charge in [0.25, 0.3) is 0 Å². The van der Waals surface area contributed by atoms with Gasteiger partial charge in [-0.3, -0.25) is 0 Å².